The van der Waals surface area contributed by atoms with Crippen LogP contribution in [0.25, 0.3) is 10.4 Å². The Hall–Kier alpha value is -1.39. The number of hydrogen-bond donors (Lipinski definition) is 0. The summed E-state index contributed by atoms with van der Waals surface area (Å²) in [6.07, 6.45) is 3.74. The molecule has 3 nitrogen and oxygen atoms in total. The van der Waals surface area contributed by atoms with Crippen LogP contribution in [0.4, 0.5) is 5.69 Å². The average Bonchev–Trinajstić information content (AvgIpc) is 2.90. The van der Waals surface area contributed by atoms with Crippen LogP contribution < -0.4 is 4.90 Å². The third-order valence-corrected chi connectivity index (χ3v) is 3.87. The van der Waals surface area contributed by atoms with Gasteiger partial charge in [-0.15, -0.1) is 11.3 Å². The van der Waals surface area contributed by atoms with Gasteiger partial charge in [0.2, 0.25) is 0 Å². The van der Waals surface area contributed by atoms with Crippen molar-refractivity contribution in [1.82, 2.24) is 4.98 Å². The molecule has 0 saturated carbocycles. The van der Waals surface area contributed by atoms with Crippen LogP contribution in [-0.4, -0.2) is 31.3 Å². The van der Waals surface area contributed by atoms with Crippen LogP contribution in [0.3, 0.4) is 0 Å². The van der Waals surface area contributed by atoms with Crippen LogP contribution in [0.15, 0.2) is 36.0 Å². The second kappa shape index (κ2) is 4.85. The first kappa shape index (κ1) is 10.7. The molecule has 0 unspecified atom stereocenters. The molecule has 1 aliphatic heterocycles. The normalized spacial score (nSPS) is 16.1. The fourth-order valence-electron chi connectivity index (χ4n) is 2.07. The Kier molecular flexibility index (Phi) is 3.07. The van der Waals surface area contributed by atoms with Gasteiger partial charge in [-0.3, -0.25) is 4.98 Å². The minimum Gasteiger partial charge on any atom is -0.378 e. The number of ether oxygens (including phenoxy) is 1. The second-order valence-corrected chi connectivity index (χ2v) is 4.89. The van der Waals surface area contributed by atoms with Crippen molar-refractivity contribution < 1.29 is 4.74 Å². The van der Waals surface area contributed by atoms with E-state index in [1.807, 2.05) is 18.5 Å². The molecule has 0 amide bonds. The first-order valence-corrected chi connectivity index (χ1v) is 6.64. The van der Waals surface area contributed by atoms with Crippen molar-refractivity contribution >= 4 is 17.0 Å². The molecule has 0 atom stereocenters. The van der Waals surface area contributed by atoms with E-state index in [2.05, 4.69) is 27.4 Å². The third-order valence-electron chi connectivity index (χ3n) is 2.92. The van der Waals surface area contributed by atoms with Gasteiger partial charge in [-0.1, -0.05) is 6.07 Å². The monoisotopic (exact) mass is 246 g/mol. The van der Waals surface area contributed by atoms with Crippen LogP contribution in [0.2, 0.25) is 0 Å². The lowest BCUT2D eigenvalue weighted by atomic mass is 10.2. The third kappa shape index (κ3) is 2.18. The zero-order chi connectivity index (χ0) is 11.5. The smallest absolute Gasteiger partial charge is 0.0642 e. The maximum absolute atomic E-state index is 5.39. The van der Waals surface area contributed by atoms with Gasteiger partial charge in [0, 0.05) is 31.0 Å². The molecule has 0 aromatic carbocycles. The van der Waals surface area contributed by atoms with Gasteiger partial charge in [0.1, 0.15) is 0 Å². The molecule has 0 radical (unpaired) electrons. The number of anilines is 1. The number of thiophene rings is 1. The summed E-state index contributed by atoms with van der Waals surface area (Å²) in [7, 11) is 0. The number of hydrogen-bond acceptors (Lipinski definition) is 4. The summed E-state index contributed by atoms with van der Waals surface area (Å²) in [4.78, 5) is 7.89. The van der Waals surface area contributed by atoms with Crippen LogP contribution in [0, 0.1) is 0 Å². The zero-order valence-electron chi connectivity index (χ0n) is 9.50. The lowest BCUT2D eigenvalue weighted by Gasteiger charge is -2.29. The SMILES string of the molecule is c1cncc(-c2sccc2N2CCOCC2)c1. The van der Waals surface area contributed by atoms with E-state index in [4.69, 9.17) is 4.74 Å². The average molecular weight is 246 g/mol. The van der Waals surface area contributed by atoms with Crippen molar-refractivity contribution in [2.75, 3.05) is 31.2 Å². The van der Waals surface area contributed by atoms with E-state index < -0.39 is 0 Å². The molecule has 4 heteroatoms. The molecule has 3 heterocycles. The lowest BCUT2D eigenvalue weighted by molar-refractivity contribution is 0.123. The maximum Gasteiger partial charge on any atom is 0.0642 e. The lowest BCUT2D eigenvalue weighted by Crippen LogP contribution is -2.36. The van der Waals surface area contributed by atoms with Crippen LogP contribution >= 0.6 is 11.3 Å². The Labute approximate surface area is 105 Å². The Bertz CT molecular complexity index is 477. The van der Waals surface area contributed by atoms with E-state index in [9.17, 15) is 0 Å². The highest BCUT2D eigenvalue weighted by molar-refractivity contribution is 7.14. The standard InChI is InChI=1S/C13H14N2OS/c1-2-11(10-14-4-1)13-12(3-9-17-13)15-5-7-16-8-6-15/h1-4,9-10H,5-8H2. The molecule has 88 valence electrons. The van der Waals surface area contributed by atoms with Crippen molar-refractivity contribution in [1.29, 1.82) is 0 Å². The fourth-order valence-corrected chi connectivity index (χ4v) is 2.98. The minimum atomic E-state index is 0.822. The van der Waals surface area contributed by atoms with Crippen molar-refractivity contribution in [3.63, 3.8) is 0 Å². The van der Waals surface area contributed by atoms with E-state index in [-0.39, 0.29) is 0 Å². The molecule has 0 bridgehead atoms. The maximum atomic E-state index is 5.39. The van der Waals surface area contributed by atoms with E-state index in [1.165, 1.54) is 16.1 Å². The Morgan fingerprint density at radius 2 is 2.12 bits per heavy atom. The highest BCUT2D eigenvalue weighted by Crippen LogP contribution is 2.35. The molecule has 1 fully saturated rings. The number of rotatable bonds is 2. The van der Waals surface area contributed by atoms with Gasteiger partial charge in [0.25, 0.3) is 0 Å². The number of morpholine rings is 1. The van der Waals surface area contributed by atoms with Crippen molar-refractivity contribution in [3.05, 3.63) is 36.0 Å². The van der Waals surface area contributed by atoms with Crippen LogP contribution in [-0.2, 0) is 4.74 Å². The van der Waals surface area contributed by atoms with Crippen molar-refractivity contribution in [2.24, 2.45) is 0 Å². The van der Waals surface area contributed by atoms with Gasteiger partial charge >= 0.3 is 0 Å². The van der Waals surface area contributed by atoms with Gasteiger partial charge < -0.3 is 9.64 Å². The summed E-state index contributed by atoms with van der Waals surface area (Å²) in [5.74, 6) is 0. The largest absolute Gasteiger partial charge is 0.378 e. The van der Waals surface area contributed by atoms with Crippen LogP contribution in [0.5, 0.6) is 0 Å². The molecule has 1 aliphatic rings. The predicted octanol–water partition coefficient (Wildman–Crippen LogP) is 2.65. The fraction of sp³-hybridized carbons (Fsp3) is 0.308. The summed E-state index contributed by atoms with van der Waals surface area (Å²) in [5.41, 5.74) is 2.51. The number of nitrogens with zero attached hydrogens (tertiary/aromatic N) is 2. The molecule has 1 saturated heterocycles. The highest BCUT2D eigenvalue weighted by Gasteiger charge is 2.16. The molecular weight excluding hydrogens is 232 g/mol. The molecule has 3 rings (SSSR count). The molecule has 0 spiro atoms. The minimum absolute atomic E-state index is 0.822. The highest BCUT2D eigenvalue weighted by atomic mass is 32.1. The first-order valence-electron chi connectivity index (χ1n) is 5.76. The summed E-state index contributed by atoms with van der Waals surface area (Å²) >= 11 is 1.77. The summed E-state index contributed by atoms with van der Waals surface area (Å²) < 4.78 is 5.39. The zero-order valence-corrected chi connectivity index (χ0v) is 10.3. The summed E-state index contributed by atoms with van der Waals surface area (Å²) in [6.45, 7) is 3.60. The Morgan fingerprint density at radius 3 is 2.88 bits per heavy atom. The van der Waals surface area contributed by atoms with Gasteiger partial charge in [-0.05, 0) is 17.5 Å². The molecule has 2 aromatic heterocycles. The quantitative estimate of drug-likeness (QED) is 0.814. The van der Waals surface area contributed by atoms with Crippen LogP contribution in [0.1, 0.15) is 0 Å². The molecule has 2 aromatic rings. The Morgan fingerprint density at radius 1 is 1.24 bits per heavy atom. The molecule has 0 aliphatic carbocycles. The van der Waals surface area contributed by atoms with Gasteiger partial charge in [-0.2, -0.15) is 0 Å². The predicted molar refractivity (Wildman–Crippen MR) is 70.6 cm³/mol. The van der Waals surface area contributed by atoms with Gasteiger partial charge in [0.15, 0.2) is 0 Å². The van der Waals surface area contributed by atoms with E-state index in [1.54, 1.807) is 11.3 Å². The second-order valence-electron chi connectivity index (χ2n) is 3.98. The molecule has 17 heavy (non-hydrogen) atoms. The first-order chi connectivity index (χ1) is 8.45. The van der Waals surface area contributed by atoms with Gasteiger partial charge in [-0.25, -0.2) is 0 Å². The van der Waals surface area contributed by atoms with E-state index in [0.717, 1.165) is 26.3 Å². The summed E-state index contributed by atoms with van der Waals surface area (Å²) in [6, 6.07) is 6.29. The molecule has 0 N–H and O–H groups in total. The van der Waals surface area contributed by atoms with Gasteiger partial charge in [0.05, 0.1) is 23.8 Å². The Balaban J connectivity index is 1.93. The molecular formula is C13H14N2OS. The van der Waals surface area contributed by atoms with Crippen molar-refractivity contribution in [3.8, 4) is 10.4 Å². The number of aromatic nitrogens is 1. The summed E-state index contributed by atoms with van der Waals surface area (Å²) in [5, 5.41) is 2.15. The van der Waals surface area contributed by atoms with E-state index >= 15 is 0 Å². The number of pyridine rings is 1. The topological polar surface area (TPSA) is 25.4 Å². The van der Waals surface area contributed by atoms with E-state index in [0.29, 0.717) is 0 Å². The van der Waals surface area contributed by atoms with Crippen molar-refractivity contribution in [2.45, 2.75) is 0 Å².